The molecule has 0 atom stereocenters. The Balaban J connectivity index is 1.71. The lowest BCUT2D eigenvalue weighted by Gasteiger charge is -2.09. The zero-order chi connectivity index (χ0) is 20.5. The van der Waals surface area contributed by atoms with E-state index in [2.05, 4.69) is 26.2 Å². The highest BCUT2D eigenvalue weighted by Crippen LogP contribution is 2.35. The van der Waals surface area contributed by atoms with Gasteiger partial charge >= 0.3 is 0 Å². The van der Waals surface area contributed by atoms with Gasteiger partial charge in [-0.3, -0.25) is 14.2 Å². The Labute approximate surface area is 180 Å². The van der Waals surface area contributed by atoms with E-state index < -0.39 is 0 Å². The number of anilines is 1. The number of nitrogens with one attached hydrogen (secondary N) is 1. The number of hydrogen-bond acceptors (Lipinski definition) is 4. The van der Waals surface area contributed by atoms with Crippen LogP contribution in [0.5, 0.6) is 0 Å². The maximum Gasteiger partial charge on any atom is 0.263 e. The van der Waals surface area contributed by atoms with Crippen LogP contribution in [-0.4, -0.2) is 15.5 Å². The summed E-state index contributed by atoms with van der Waals surface area (Å²) >= 11 is 4.90. The van der Waals surface area contributed by atoms with E-state index in [9.17, 15) is 9.59 Å². The number of aryl methyl sites for hydroxylation is 2. The van der Waals surface area contributed by atoms with Crippen LogP contribution in [0.2, 0.25) is 0 Å². The molecule has 4 aromatic rings. The number of fused-ring (bicyclic) bond motifs is 1. The summed E-state index contributed by atoms with van der Waals surface area (Å²) in [7, 11) is 0. The van der Waals surface area contributed by atoms with Crippen LogP contribution >= 0.6 is 27.3 Å². The molecule has 0 aliphatic carbocycles. The lowest BCUT2D eigenvalue weighted by Crippen LogP contribution is -2.27. The topological polar surface area (TPSA) is 64.0 Å². The summed E-state index contributed by atoms with van der Waals surface area (Å²) in [6, 6.07) is 15.4. The number of benzene rings is 2. The van der Waals surface area contributed by atoms with Gasteiger partial charge in [0.1, 0.15) is 11.4 Å². The minimum Gasteiger partial charge on any atom is -0.324 e. The quantitative estimate of drug-likeness (QED) is 0.451. The maximum atomic E-state index is 13.2. The van der Waals surface area contributed by atoms with Crippen LogP contribution in [0.3, 0.4) is 0 Å². The molecule has 1 N–H and O–H groups in total. The van der Waals surface area contributed by atoms with E-state index in [1.807, 2.05) is 56.3 Å². The summed E-state index contributed by atoms with van der Waals surface area (Å²) in [6.07, 6.45) is 1.44. The van der Waals surface area contributed by atoms with Gasteiger partial charge in [0.25, 0.3) is 5.56 Å². The Hall–Kier alpha value is -2.77. The Bertz CT molecular complexity index is 1280. The molecule has 146 valence electrons. The number of hydrogen-bond donors (Lipinski definition) is 1. The second-order valence-corrected chi connectivity index (χ2v) is 8.84. The molecule has 0 saturated heterocycles. The molecule has 1 amide bonds. The van der Waals surface area contributed by atoms with Gasteiger partial charge in [0.05, 0.1) is 17.4 Å². The highest BCUT2D eigenvalue weighted by molar-refractivity contribution is 9.10. The summed E-state index contributed by atoms with van der Waals surface area (Å²) in [5.41, 5.74) is 3.48. The molecule has 0 fully saturated rings. The van der Waals surface area contributed by atoms with E-state index >= 15 is 0 Å². The molecule has 0 bridgehead atoms. The van der Waals surface area contributed by atoms with E-state index in [0.29, 0.717) is 15.9 Å². The molecule has 0 radical (unpaired) electrons. The van der Waals surface area contributed by atoms with Gasteiger partial charge in [0, 0.05) is 14.9 Å². The first-order valence-corrected chi connectivity index (χ1v) is 10.6. The second kappa shape index (κ2) is 7.93. The minimum absolute atomic E-state index is 0.106. The molecule has 2 aromatic heterocycles. The fourth-order valence-electron chi connectivity index (χ4n) is 3.23. The predicted octanol–water partition coefficient (Wildman–Crippen LogP) is 5.14. The molecule has 0 spiro atoms. The molecule has 2 heterocycles. The number of aromatic nitrogens is 2. The molecular weight excluding hydrogens is 450 g/mol. The number of para-hydroxylation sites is 1. The Morgan fingerprint density at radius 3 is 2.59 bits per heavy atom. The standard InChI is InChI=1S/C22H18BrN3O2S/c1-13-7-9-15(10-8-13)19-14(2)29-21-20(19)22(28)26(12-24-21)11-18(27)25-17-6-4-3-5-16(17)23/h3-10,12H,11H2,1-2H3,(H,25,27). The fraction of sp³-hybridized carbons (Fsp3) is 0.136. The third-order valence-electron chi connectivity index (χ3n) is 4.66. The SMILES string of the molecule is Cc1ccc(-c2c(C)sc3ncn(CC(=O)Nc4ccccc4Br)c(=O)c23)cc1. The molecule has 29 heavy (non-hydrogen) atoms. The van der Waals surface area contributed by atoms with Crippen LogP contribution in [0.15, 0.2) is 64.1 Å². The normalized spacial score (nSPS) is 11.0. The molecule has 0 aliphatic heterocycles. The average Bonchev–Trinajstić information content (AvgIpc) is 3.03. The van der Waals surface area contributed by atoms with Crippen molar-refractivity contribution in [1.29, 1.82) is 0 Å². The first-order valence-electron chi connectivity index (χ1n) is 9.04. The van der Waals surface area contributed by atoms with E-state index in [0.717, 1.165) is 26.0 Å². The van der Waals surface area contributed by atoms with E-state index in [1.54, 1.807) is 6.07 Å². The molecule has 2 aromatic carbocycles. The largest absolute Gasteiger partial charge is 0.324 e. The summed E-state index contributed by atoms with van der Waals surface area (Å²) in [4.78, 5) is 31.9. The molecule has 4 rings (SSSR count). The van der Waals surface area contributed by atoms with Gasteiger partial charge in [-0.25, -0.2) is 4.98 Å². The van der Waals surface area contributed by atoms with E-state index in [-0.39, 0.29) is 18.0 Å². The van der Waals surface area contributed by atoms with Crippen molar-refractivity contribution in [3.63, 3.8) is 0 Å². The number of carbonyl (C=O) groups excluding carboxylic acids is 1. The van der Waals surface area contributed by atoms with Crippen LogP contribution in [0.4, 0.5) is 5.69 Å². The van der Waals surface area contributed by atoms with Crippen molar-refractivity contribution in [1.82, 2.24) is 9.55 Å². The van der Waals surface area contributed by atoms with Crippen LogP contribution in [0.1, 0.15) is 10.4 Å². The Morgan fingerprint density at radius 1 is 1.14 bits per heavy atom. The van der Waals surface area contributed by atoms with Gasteiger partial charge in [-0.15, -0.1) is 11.3 Å². The molecule has 0 saturated carbocycles. The van der Waals surface area contributed by atoms with Crippen LogP contribution < -0.4 is 10.9 Å². The first-order chi connectivity index (χ1) is 13.9. The molecule has 5 nitrogen and oxygen atoms in total. The molecule has 0 unspecified atom stereocenters. The molecular formula is C22H18BrN3O2S. The molecule has 0 aliphatic rings. The van der Waals surface area contributed by atoms with Gasteiger partial charge in [-0.1, -0.05) is 42.0 Å². The third-order valence-corrected chi connectivity index (χ3v) is 6.36. The highest BCUT2D eigenvalue weighted by atomic mass is 79.9. The monoisotopic (exact) mass is 467 g/mol. The zero-order valence-electron chi connectivity index (χ0n) is 15.9. The van der Waals surface area contributed by atoms with Gasteiger partial charge < -0.3 is 5.32 Å². The van der Waals surface area contributed by atoms with Crippen molar-refractivity contribution in [2.45, 2.75) is 20.4 Å². The lowest BCUT2D eigenvalue weighted by atomic mass is 10.0. The number of halogens is 1. The average molecular weight is 468 g/mol. The second-order valence-electron chi connectivity index (χ2n) is 6.79. The number of rotatable bonds is 4. The van der Waals surface area contributed by atoms with Gasteiger partial charge in [0.2, 0.25) is 5.91 Å². The van der Waals surface area contributed by atoms with Crippen LogP contribution in [-0.2, 0) is 11.3 Å². The lowest BCUT2D eigenvalue weighted by molar-refractivity contribution is -0.116. The Morgan fingerprint density at radius 2 is 1.86 bits per heavy atom. The minimum atomic E-state index is -0.288. The summed E-state index contributed by atoms with van der Waals surface area (Å²) in [6.45, 7) is 3.91. The number of carbonyl (C=O) groups is 1. The van der Waals surface area contributed by atoms with Crippen molar-refractivity contribution < 1.29 is 4.79 Å². The number of amides is 1. The van der Waals surface area contributed by atoms with Crippen LogP contribution in [0.25, 0.3) is 21.3 Å². The number of thiophene rings is 1. The van der Waals surface area contributed by atoms with Gasteiger partial charge in [-0.2, -0.15) is 0 Å². The zero-order valence-corrected chi connectivity index (χ0v) is 18.3. The Kier molecular flexibility index (Phi) is 5.34. The highest BCUT2D eigenvalue weighted by Gasteiger charge is 2.18. The van der Waals surface area contributed by atoms with Crippen molar-refractivity contribution >= 4 is 49.1 Å². The smallest absolute Gasteiger partial charge is 0.263 e. The van der Waals surface area contributed by atoms with Crippen molar-refractivity contribution in [3.8, 4) is 11.1 Å². The van der Waals surface area contributed by atoms with Crippen molar-refractivity contribution in [3.05, 3.63) is 80.1 Å². The maximum absolute atomic E-state index is 13.2. The van der Waals surface area contributed by atoms with Crippen molar-refractivity contribution in [2.24, 2.45) is 0 Å². The fourth-order valence-corrected chi connectivity index (χ4v) is 4.61. The molecule has 7 heteroatoms. The van der Waals surface area contributed by atoms with Gasteiger partial charge in [-0.05, 0) is 47.5 Å². The van der Waals surface area contributed by atoms with E-state index in [4.69, 9.17) is 0 Å². The van der Waals surface area contributed by atoms with Crippen molar-refractivity contribution in [2.75, 3.05) is 5.32 Å². The first kappa shape index (κ1) is 19.5. The summed E-state index contributed by atoms with van der Waals surface area (Å²) in [5, 5.41) is 3.38. The van der Waals surface area contributed by atoms with Gasteiger partial charge in [0.15, 0.2) is 0 Å². The predicted molar refractivity (Wildman–Crippen MR) is 122 cm³/mol. The third kappa shape index (κ3) is 3.88. The summed E-state index contributed by atoms with van der Waals surface area (Å²) < 4.78 is 2.14. The van der Waals surface area contributed by atoms with E-state index in [1.165, 1.54) is 22.2 Å². The van der Waals surface area contributed by atoms with Crippen LogP contribution in [0, 0.1) is 13.8 Å². The summed E-state index contributed by atoms with van der Waals surface area (Å²) in [5.74, 6) is -0.288. The number of nitrogens with zero attached hydrogens (tertiary/aromatic N) is 2.